The fraction of sp³-hybridized carbons (Fsp3) is 1.00. The Bertz CT molecular complexity index is 392. The van der Waals surface area contributed by atoms with Gasteiger partial charge in [-0.2, -0.15) is 0 Å². The summed E-state index contributed by atoms with van der Waals surface area (Å²) in [4.78, 5) is 0. The summed E-state index contributed by atoms with van der Waals surface area (Å²) in [5.41, 5.74) is 0. The van der Waals surface area contributed by atoms with Gasteiger partial charge in [0.05, 0.1) is 13.2 Å². The normalized spacial score (nSPS) is 50.0. The number of hydrogen-bond acceptors (Lipinski definition) is 11. The zero-order valence-corrected chi connectivity index (χ0v) is 13.0. The second-order valence-corrected chi connectivity index (χ2v) is 5.74. The van der Waals surface area contributed by atoms with Gasteiger partial charge in [-0.05, 0) is 0 Å². The van der Waals surface area contributed by atoms with E-state index in [1.165, 1.54) is 7.11 Å². The van der Waals surface area contributed by atoms with Crippen LogP contribution in [-0.4, -0.2) is 117 Å². The molecular weight excluding hydrogens is 332 g/mol. The van der Waals surface area contributed by atoms with Crippen molar-refractivity contribution in [3.8, 4) is 0 Å². The van der Waals surface area contributed by atoms with Crippen molar-refractivity contribution in [1.29, 1.82) is 0 Å². The fourth-order valence-electron chi connectivity index (χ4n) is 2.73. The third-order valence-corrected chi connectivity index (χ3v) is 4.20. The van der Waals surface area contributed by atoms with Crippen LogP contribution in [0.25, 0.3) is 0 Å². The molecule has 11 nitrogen and oxygen atoms in total. The van der Waals surface area contributed by atoms with Crippen LogP contribution in [0.4, 0.5) is 0 Å². The van der Waals surface area contributed by atoms with Gasteiger partial charge in [0.1, 0.15) is 48.8 Å². The van der Waals surface area contributed by atoms with Crippen LogP contribution in [0.5, 0.6) is 0 Å². The van der Waals surface area contributed by atoms with Crippen molar-refractivity contribution in [3.05, 3.63) is 0 Å². The molecule has 24 heavy (non-hydrogen) atoms. The Hall–Kier alpha value is -0.440. The molecule has 11 heteroatoms. The predicted octanol–water partition coefficient (Wildman–Crippen LogP) is -4.74. The second kappa shape index (κ2) is 8.29. The zero-order chi connectivity index (χ0) is 18.0. The molecule has 2 aliphatic rings. The van der Waals surface area contributed by atoms with Crippen molar-refractivity contribution >= 4 is 0 Å². The lowest BCUT2D eigenvalue weighted by atomic mass is 9.97. The number of rotatable bonds is 5. The average molecular weight is 356 g/mol. The topological polar surface area (TPSA) is 179 Å². The Kier molecular flexibility index (Phi) is 6.87. The lowest BCUT2D eigenvalue weighted by Crippen LogP contribution is -2.64. The van der Waals surface area contributed by atoms with Crippen molar-refractivity contribution in [2.45, 2.75) is 61.4 Å². The van der Waals surface area contributed by atoms with Crippen molar-refractivity contribution in [2.24, 2.45) is 0 Å². The second-order valence-electron chi connectivity index (χ2n) is 5.74. The number of methoxy groups -OCH3 is 1. The highest BCUT2D eigenvalue weighted by Gasteiger charge is 2.50. The summed E-state index contributed by atoms with van der Waals surface area (Å²) < 4.78 is 20.8. The molecule has 0 amide bonds. The van der Waals surface area contributed by atoms with Gasteiger partial charge < -0.3 is 54.7 Å². The van der Waals surface area contributed by atoms with E-state index in [0.29, 0.717) is 0 Å². The highest BCUT2D eigenvalue weighted by molar-refractivity contribution is 4.93. The van der Waals surface area contributed by atoms with Gasteiger partial charge in [-0.25, -0.2) is 0 Å². The first-order valence-corrected chi connectivity index (χ1v) is 7.46. The van der Waals surface area contributed by atoms with E-state index in [4.69, 9.17) is 29.2 Å². The molecule has 0 aromatic carbocycles. The molecule has 7 N–H and O–H groups in total. The third kappa shape index (κ3) is 3.71. The van der Waals surface area contributed by atoms with Crippen LogP contribution in [-0.2, 0) is 18.9 Å². The highest BCUT2D eigenvalue weighted by Crippen LogP contribution is 2.29. The summed E-state index contributed by atoms with van der Waals surface area (Å²) >= 11 is 0. The minimum absolute atomic E-state index is 0.565. The van der Waals surface area contributed by atoms with Crippen molar-refractivity contribution in [2.75, 3.05) is 20.3 Å². The van der Waals surface area contributed by atoms with Crippen LogP contribution < -0.4 is 0 Å². The van der Waals surface area contributed by atoms with Gasteiger partial charge in [-0.15, -0.1) is 0 Å². The molecule has 0 bridgehead atoms. The van der Waals surface area contributed by atoms with E-state index in [9.17, 15) is 25.5 Å². The molecule has 0 aromatic rings. The van der Waals surface area contributed by atoms with Gasteiger partial charge >= 0.3 is 0 Å². The average Bonchev–Trinajstić information content (AvgIpc) is 2.59. The van der Waals surface area contributed by atoms with Crippen LogP contribution in [0.1, 0.15) is 0 Å². The van der Waals surface area contributed by atoms with E-state index in [1.54, 1.807) is 0 Å². The molecule has 10 atom stereocenters. The largest absolute Gasteiger partial charge is 0.394 e. The molecule has 142 valence electrons. The maximum absolute atomic E-state index is 10.2. The standard InChI is InChI=1S/C13H24O11/c1-21-13-11(9(19)7(17)5(3-15)23-13)24-12-10(20)8(18)6(16)4(2-14)22-12/h4-20H,2-3H2,1H3/t4-,5-,6-,7+,8+,9+,10+,11+,12-,13+/m1/s1. The Morgan fingerprint density at radius 1 is 0.708 bits per heavy atom. The molecule has 0 unspecified atom stereocenters. The molecule has 0 aliphatic carbocycles. The highest BCUT2D eigenvalue weighted by atomic mass is 16.8. The van der Waals surface area contributed by atoms with Gasteiger partial charge in [0.25, 0.3) is 0 Å². The van der Waals surface area contributed by atoms with Crippen LogP contribution in [0.3, 0.4) is 0 Å². The van der Waals surface area contributed by atoms with Crippen LogP contribution in [0, 0.1) is 0 Å². The predicted molar refractivity (Wildman–Crippen MR) is 73.4 cm³/mol. The molecule has 2 heterocycles. The number of aliphatic hydroxyl groups excluding tert-OH is 7. The molecular formula is C13H24O11. The van der Waals surface area contributed by atoms with Gasteiger partial charge in [-0.1, -0.05) is 0 Å². The van der Waals surface area contributed by atoms with E-state index in [2.05, 4.69) is 0 Å². The number of hydrogen-bond donors (Lipinski definition) is 7. The van der Waals surface area contributed by atoms with Crippen LogP contribution in [0.15, 0.2) is 0 Å². The van der Waals surface area contributed by atoms with E-state index < -0.39 is 74.6 Å². The van der Waals surface area contributed by atoms with Gasteiger partial charge in [-0.3, -0.25) is 0 Å². The van der Waals surface area contributed by atoms with Gasteiger partial charge in [0, 0.05) is 7.11 Å². The maximum Gasteiger partial charge on any atom is 0.187 e. The summed E-state index contributed by atoms with van der Waals surface area (Å²) in [5, 5.41) is 67.8. The summed E-state index contributed by atoms with van der Waals surface area (Å²) in [6.45, 7) is -1.21. The Morgan fingerprint density at radius 2 is 1.21 bits per heavy atom. The van der Waals surface area contributed by atoms with E-state index in [1.807, 2.05) is 0 Å². The molecule has 2 saturated heterocycles. The monoisotopic (exact) mass is 356 g/mol. The quantitative estimate of drug-likeness (QED) is 0.251. The molecule has 2 rings (SSSR count). The summed E-state index contributed by atoms with van der Waals surface area (Å²) in [6.07, 6.45) is -14.3. The summed E-state index contributed by atoms with van der Waals surface area (Å²) in [7, 11) is 1.24. The van der Waals surface area contributed by atoms with Crippen molar-refractivity contribution in [1.82, 2.24) is 0 Å². The molecule has 2 aliphatic heterocycles. The van der Waals surface area contributed by atoms with Crippen molar-refractivity contribution < 1.29 is 54.7 Å². The molecule has 2 fully saturated rings. The lowest BCUT2D eigenvalue weighted by Gasteiger charge is -2.45. The Labute approximate surface area is 137 Å². The Balaban J connectivity index is 2.12. The molecule has 0 radical (unpaired) electrons. The fourth-order valence-corrected chi connectivity index (χ4v) is 2.73. The van der Waals surface area contributed by atoms with Gasteiger partial charge in [0.2, 0.25) is 0 Å². The number of ether oxygens (including phenoxy) is 4. The minimum atomic E-state index is -1.68. The first kappa shape index (κ1) is 19.9. The van der Waals surface area contributed by atoms with Crippen molar-refractivity contribution in [3.63, 3.8) is 0 Å². The van der Waals surface area contributed by atoms with Crippen LogP contribution in [0.2, 0.25) is 0 Å². The number of aliphatic hydroxyl groups is 7. The zero-order valence-electron chi connectivity index (χ0n) is 13.0. The molecule has 0 saturated carbocycles. The van der Waals surface area contributed by atoms with Crippen LogP contribution >= 0.6 is 0 Å². The first-order chi connectivity index (χ1) is 11.3. The molecule has 0 aromatic heterocycles. The Morgan fingerprint density at radius 3 is 1.71 bits per heavy atom. The van der Waals surface area contributed by atoms with Gasteiger partial charge in [0.15, 0.2) is 12.6 Å². The smallest absolute Gasteiger partial charge is 0.187 e. The lowest BCUT2D eigenvalue weighted by molar-refractivity contribution is -0.364. The SMILES string of the molecule is CO[C@H]1O[C@H](CO)[C@H](O)[C@H](O)[C@@H]1O[C@H]1O[C@H](CO)[C@@H](O)[C@H](O)[C@@H]1O. The van der Waals surface area contributed by atoms with E-state index in [0.717, 1.165) is 0 Å². The van der Waals surface area contributed by atoms with E-state index in [-0.39, 0.29) is 0 Å². The summed E-state index contributed by atoms with van der Waals surface area (Å²) in [6, 6.07) is 0. The summed E-state index contributed by atoms with van der Waals surface area (Å²) in [5.74, 6) is 0. The molecule has 0 spiro atoms. The third-order valence-electron chi connectivity index (χ3n) is 4.20. The minimum Gasteiger partial charge on any atom is -0.394 e. The first-order valence-electron chi connectivity index (χ1n) is 7.46. The maximum atomic E-state index is 10.2. The van der Waals surface area contributed by atoms with E-state index >= 15 is 0 Å².